The molecule has 0 saturated carbocycles. The molecule has 1 aliphatic heterocycles. The zero-order chi connectivity index (χ0) is 19.1. The topological polar surface area (TPSA) is 50.8 Å². The van der Waals surface area contributed by atoms with Crippen molar-refractivity contribution in [2.75, 3.05) is 38.3 Å². The fraction of sp³-hybridized carbons (Fsp3) is 0.318. The van der Waals surface area contributed by atoms with Crippen molar-refractivity contribution in [1.29, 1.82) is 0 Å². The Hall–Kier alpha value is -2.79. The summed E-state index contributed by atoms with van der Waals surface area (Å²) in [7, 11) is 1.63. The molecule has 1 N–H and O–H groups in total. The number of carbonyl (C=O) groups excluding carboxylic acids is 1. The van der Waals surface area contributed by atoms with E-state index in [0.29, 0.717) is 0 Å². The van der Waals surface area contributed by atoms with Gasteiger partial charge in [0.15, 0.2) is 0 Å². The van der Waals surface area contributed by atoms with Crippen molar-refractivity contribution >= 4 is 17.7 Å². The minimum absolute atomic E-state index is 0.0755. The lowest BCUT2D eigenvalue weighted by Gasteiger charge is -2.29. The Bertz CT molecular complexity index is 798. The number of hydrogen-bond acceptors (Lipinski definition) is 4. The van der Waals surface area contributed by atoms with Gasteiger partial charge in [-0.3, -0.25) is 4.79 Å². The molecule has 5 heteroatoms. The Balaban J connectivity index is 1.61. The average Bonchev–Trinajstić information content (AvgIpc) is 2.73. The molecule has 27 heavy (non-hydrogen) atoms. The van der Waals surface area contributed by atoms with Gasteiger partial charge in [-0.1, -0.05) is 24.3 Å². The molecule has 2 aromatic carbocycles. The van der Waals surface area contributed by atoms with Gasteiger partial charge in [-0.25, -0.2) is 0 Å². The van der Waals surface area contributed by atoms with Crippen LogP contribution in [0.1, 0.15) is 24.1 Å². The molecule has 5 nitrogen and oxygen atoms in total. The van der Waals surface area contributed by atoms with E-state index in [1.54, 1.807) is 19.3 Å². The molecule has 3 rings (SSSR count). The van der Waals surface area contributed by atoms with Gasteiger partial charge in [0, 0.05) is 24.9 Å². The van der Waals surface area contributed by atoms with Gasteiger partial charge in [0.2, 0.25) is 5.91 Å². The molecule has 2 aromatic rings. The number of nitrogens with one attached hydrogen (secondary N) is 1. The van der Waals surface area contributed by atoms with Crippen LogP contribution in [-0.2, 0) is 9.53 Å². The van der Waals surface area contributed by atoms with Crippen LogP contribution in [0.2, 0.25) is 0 Å². The van der Waals surface area contributed by atoms with Crippen LogP contribution in [0.4, 0.5) is 5.69 Å². The van der Waals surface area contributed by atoms with Gasteiger partial charge in [-0.05, 0) is 48.4 Å². The van der Waals surface area contributed by atoms with Gasteiger partial charge < -0.3 is 19.7 Å². The first kappa shape index (κ1) is 19.0. The summed E-state index contributed by atoms with van der Waals surface area (Å²) < 4.78 is 10.6. The second-order valence-electron chi connectivity index (χ2n) is 6.53. The summed E-state index contributed by atoms with van der Waals surface area (Å²) in [5, 5.41) is 3.02. The third-order valence-corrected chi connectivity index (χ3v) is 4.63. The van der Waals surface area contributed by atoms with Crippen LogP contribution in [0.3, 0.4) is 0 Å². The van der Waals surface area contributed by atoms with Crippen molar-refractivity contribution in [2.45, 2.75) is 13.0 Å². The molecule has 1 amide bonds. The molecule has 1 fully saturated rings. The number of morpholine rings is 1. The lowest BCUT2D eigenvalue weighted by molar-refractivity contribution is -0.117. The number of rotatable bonds is 6. The van der Waals surface area contributed by atoms with Gasteiger partial charge in [-0.15, -0.1) is 0 Å². The van der Waals surface area contributed by atoms with E-state index in [-0.39, 0.29) is 11.9 Å². The first-order valence-electron chi connectivity index (χ1n) is 9.21. The highest BCUT2D eigenvalue weighted by atomic mass is 16.5. The Morgan fingerprint density at radius 1 is 1.19 bits per heavy atom. The lowest BCUT2D eigenvalue weighted by atomic mass is 10.1. The maximum atomic E-state index is 12.3. The van der Waals surface area contributed by atoms with Gasteiger partial charge in [0.25, 0.3) is 0 Å². The van der Waals surface area contributed by atoms with Crippen LogP contribution in [0.5, 0.6) is 5.75 Å². The van der Waals surface area contributed by atoms with Crippen molar-refractivity contribution in [3.63, 3.8) is 0 Å². The summed E-state index contributed by atoms with van der Waals surface area (Å²) in [6.45, 7) is 5.30. The SMILES string of the molecule is COc1cccc(/C=C/C(=O)N[C@@H](C)c2cccc(N3CCOCC3)c2)c1. The van der Waals surface area contributed by atoms with E-state index in [4.69, 9.17) is 9.47 Å². The van der Waals surface area contributed by atoms with Crippen molar-refractivity contribution in [2.24, 2.45) is 0 Å². The monoisotopic (exact) mass is 366 g/mol. The molecule has 0 aromatic heterocycles. The Morgan fingerprint density at radius 3 is 2.74 bits per heavy atom. The molecule has 1 aliphatic rings. The molecule has 0 unspecified atom stereocenters. The lowest BCUT2D eigenvalue weighted by Crippen LogP contribution is -2.36. The van der Waals surface area contributed by atoms with Crippen LogP contribution < -0.4 is 15.0 Å². The van der Waals surface area contributed by atoms with Crippen molar-refractivity contribution in [1.82, 2.24) is 5.32 Å². The van der Waals surface area contributed by atoms with Crippen LogP contribution in [0, 0.1) is 0 Å². The Kier molecular flexibility index (Phi) is 6.49. The normalized spacial score (nSPS) is 15.6. The first-order chi connectivity index (χ1) is 13.2. The van der Waals surface area contributed by atoms with Gasteiger partial charge in [-0.2, -0.15) is 0 Å². The first-order valence-corrected chi connectivity index (χ1v) is 9.21. The van der Waals surface area contributed by atoms with Crippen molar-refractivity contribution in [3.8, 4) is 5.75 Å². The predicted molar refractivity (Wildman–Crippen MR) is 108 cm³/mol. The number of amides is 1. The fourth-order valence-electron chi connectivity index (χ4n) is 3.07. The third kappa shape index (κ3) is 5.34. The van der Waals surface area contributed by atoms with Crippen LogP contribution in [-0.4, -0.2) is 39.3 Å². The summed E-state index contributed by atoms with van der Waals surface area (Å²) in [4.78, 5) is 14.6. The quantitative estimate of drug-likeness (QED) is 0.796. The maximum absolute atomic E-state index is 12.3. The Morgan fingerprint density at radius 2 is 1.96 bits per heavy atom. The zero-order valence-electron chi connectivity index (χ0n) is 15.9. The third-order valence-electron chi connectivity index (χ3n) is 4.63. The molecule has 0 bridgehead atoms. The van der Waals surface area contributed by atoms with E-state index in [0.717, 1.165) is 43.2 Å². The predicted octanol–water partition coefficient (Wildman–Crippen LogP) is 3.42. The second-order valence-corrected chi connectivity index (χ2v) is 6.53. The largest absolute Gasteiger partial charge is 0.497 e. The molecule has 0 radical (unpaired) electrons. The van der Waals surface area contributed by atoms with Crippen molar-refractivity contribution < 1.29 is 14.3 Å². The van der Waals surface area contributed by atoms with E-state index in [1.165, 1.54) is 5.69 Å². The molecule has 1 heterocycles. The number of methoxy groups -OCH3 is 1. The maximum Gasteiger partial charge on any atom is 0.244 e. The summed E-state index contributed by atoms with van der Waals surface area (Å²) in [6.07, 6.45) is 3.34. The summed E-state index contributed by atoms with van der Waals surface area (Å²) in [6, 6.07) is 15.8. The zero-order valence-corrected chi connectivity index (χ0v) is 15.9. The minimum Gasteiger partial charge on any atom is -0.497 e. The molecule has 1 saturated heterocycles. The van der Waals surface area contributed by atoms with Gasteiger partial charge >= 0.3 is 0 Å². The number of carbonyl (C=O) groups is 1. The second kappa shape index (κ2) is 9.24. The molecule has 0 spiro atoms. The number of hydrogen-bond donors (Lipinski definition) is 1. The highest BCUT2D eigenvalue weighted by Gasteiger charge is 2.13. The molecular weight excluding hydrogens is 340 g/mol. The Labute approximate surface area is 160 Å². The van der Waals surface area contributed by atoms with Gasteiger partial charge in [0.05, 0.1) is 26.4 Å². The highest BCUT2D eigenvalue weighted by molar-refractivity contribution is 5.92. The number of ether oxygens (including phenoxy) is 2. The minimum atomic E-state index is -0.123. The van der Waals surface area contributed by atoms with E-state index in [1.807, 2.05) is 43.3 Å². The van der Waals surface area contributed by atoms with Crippen LogP contribution in [0.15, 0.2) is 54.6 Å². The smallest absolute Gasteiger partial charge is 0.244 e. The standard InChI is InChI=1S/C22H26N2O3/c1-17(19-6-4-7-20(16-19)24-11-13-27-14-12-24)23-22(25)10-9-18-5-3-8-21(15-18)26-2/h3-10,15-17H,11-14H2,1-2H3,(H,23,25)/b10-9+/t17-/m0/s1. The molecule has 142 valence electrons. The average molecular weight is 366 g/mol. The number of anilines is 1. The number of nitrogens with zero attached hydrogens (tertiary/aromatic N) is 1. The highest BCUT2D eigenvalue weighted by Crippen LogP contribution is 2.21. The van der Waals surface area contributed by atoms with Crippen molar-refractivity contribution in [3.05, 3.63) is 65.7 Å². The van der Waals surface area contributed by atoms with Gasteiger partial charge in [0.1, 0.15) is 5.75 Å². The molecular formula is C22H26N2O3. The molecule has 0 aliphatic carbocycles. The van der Waals surface area contributed by atoms with Crippen LogP contribution in [0.25, 0.3) is 6.08 Å². The molecule has 1 atom stereocenters. The van der Waals surface area contributed by atoms with E-state index < -0.39 is 0 Å². The summed E-state index contributed by atoms with van der Waals surface area (Å²) in [5.74, 6) is 0.646. The van der Waals surface area contributed by atoms with Crippen LogP contribution >= 0.6 is 0 Å². The summed E-state index contributed by atoms with van der Waals surface area (Å²) >= 11 is 0. The fourth-order valence-corrected chi connectivity index (χ4v) is 3.07. The van der Waals surface area contributed by atoms with E-state index >= 15 is 0 Å². The van der Waals surface area contributed by atoms with E-state index in [9.17, 15) is 4.79 Å². The summed E-state index contributed by atoms with van der Waals surface area (Å²) in [5.41, 5.74) is 3.18. The number of benzene rings is 2. The van der Waals surface area contributed by atoms with E-state index in [2.05, 4.69) is 22.3 Å².